The van der Waals surface area contributed by atoms with E-state index in [1.54, 1.807) is 0 Å². The lowest BCUT2D eigenvalue weighted by Crippen LogP contribution is -2.40. The zero-order chi connectivity index (χ0) is 13.4. The molecule has 0 amide bonds. The van der Waals surface area contributed by atoms with Gasteiger partial charge in [0.25, 0.3) is 0 Å². The molecular weight excluding hydrogens is 229 g/mol. The normalized spacial score (nSPS) is 22.7. The van der Waals surface area contributed by atoms with Gasteiger partial charge in [-0.1, -0.05) is 27.7 Å². The molecule has 1 aromatic rings. The molecule has 1 aliphatic carbocycles. The molecule has 0 aliphatic heterocycles. The molecule has 18 heavy (non-hydrogen) atoms. The Balaban J connectivity index is 2.09. The van der Waals surface area contributed by atoms with Crippen molar-refractivity contribution in [3.63, 3.8) is 0 Å². The van der Waals surface area contributed by atoms with E-state index in [0.717, 1.165) is 12.8 Å². The van der Waals surface area contributed by atoms with Gasteiger partial charge in [-0.3, -0.25) is 0 Å². The van der Waals surface area contributed by atoms with Gasteiger partial charge in [0.2, 0.25) is 5.95 Å². The summed E-state index contributed by atoms with van der Waals surface area (Å²) < 4.78 is 13.0. The maximum absolute atomic E-state index is 13.0. The average Bonchev–Trinajstić information content (AvgIpc) is 2.11. The van der Waals surface area contributed by atoms with Crippen LogP contribution in [0.1, 0.15) is 47.0 Å². The summed E-state index contributed by atoms with van der Waals surface area (Å²) in [6, 6.07) is 1.70. The molecule has 0 saturated heterocycles. The first-order valence-electron chi connectivity index (χ1n) is 6.50. The molecule has 0 aromatic carbocycles. The molecule has 3 nitrogen and oxygen atoms in total. The van der Waals surface area contributed by atoms with Crippen LogP contribution in [0.15, 0.2) is 12.4 Å². The van der Waals surface area contributed by atoms with Crippen LogP contribution in [0.25, 0.3) is 0 Å². The fourth-order valence-electron chi connectivity index (χ4n) is 3.57. The molecule has 1 N–H and O–H groups in total. The van der Waals surface area contributed by atoms with E-state index < -0.39 is 5.95 Å². The summed E-state index contributed by atoms with van der Waals surface area (Å²) >= 11 is 0. The molecule has 0 radical (unpaired) electrons. The van der Waals surface area contributed by atoms with Crippen molar-refractivity contribution in [2.24, 2.45) is 10.8 Å². The molecular formula is C14H22FN3. The monoisotopic (exact) mass is 251 g/mol. The van der Waals surface area contributed by atoms with Gasteiger partial charge in [0, 0.05) is 12.1 Å². The predicted octanol–water partition coefficient (Wildman–Crippen LogP) is 3.63. The first kappa shape index (κ1) is 13.2. The van der Waals surface area contributed by atoms with Crippen molar-refractivity contribution in [1.29, 1.82) is 0 Å². The van der Waals surface area contributed by atoms with Crippen LogP contribution in [-0.4, -0.2) is 16.0 Å². The fourth-order valence-corrected chi connectivity index (χ4v) is 3.57. The van der Waals surface area contributed by atoms with Crippen LogP contribution in [0.2, 0.25) is 0 Å². The molecule has 0 atom stereocenters. The fraction of sp³-hybridized carbons (Fsp3) is 0.714. The van der Waals surface area contributed by atoms with E-state index >= 15 is 0 Å². The second-order valence-corrected chi connectivity index (χ2v) is 6.98. The Morgan fingerprint density at radius 2 is 1.78 bits per heavy atom. The van der Waals surface area contributed by atoms with Crippen molar-refractivity contribution < 1.29 is 4.39 Å². The lowest BCUT2D eigenvalue weighted by Gasteiger charge is -2.45. The number of hydrogen-bond donors (Lipinski definition) is 1. The number of halogens is 1. The Kier molecular flexibility index (Phi) is 3.30. The van der Waals surface area contributed by atoms with Gasteiger partial charge in [-0.15, -0.1) is 0 Å². The van der Waals surface area contributed by atoms with Gasteiger partial charge in [0.1, 0.15) is 12.1 Å². The highest BCUT2D eigenvalue weighted by Crippen LogP contribution is 2.46. The standard InChI is InChI=1S/C14H22FN3/c1-13(2)6-10(7-14(3,4)8-13)18-12-5-11(15)16-9-17-12/h5,9-10H,6-8H2,1-4H3,(H,16,17,18). The molecule has 2 rings (SSSR count). The van der Waals surface area contributed by atoms with Gasteiger partial charge >= 0.3 is 0 Å². The lowest BCUT2D eigenvalue weighted by molar-refractivity contribution is 0.105. The Morgan fingerprint density at radius 1 is 1.17 bits per heavy atom. The summed E-state index contributed by atoms with van der Waals surface area (Å²) in [5.41, 5.74) is 0.621. The van der Waals surface area contributed by atoms with E-state index in [1.165, 1.54) is 18.8 Å². The summed E-state index contributed by atoms with van der Waals surface area (Å²) in [5, 5.41) is 3.34. The highest BCUT2D eigenvalue weighted by molar-refractivity contribution is 5.34. The minimum absolute atomic E-state index is 0.311. The van der Waals surface area contributed by atoms with E-state index in [1.807, 2.05) is 0 Å². The van der Waals surface area contributed by atoms with Gasteiger partial charge in [0.15, 0.2) is 0 Å². The summed E-state index contributed by atoms with van der Waals surface area (Å²) in [6.07, 6.45) is 4.65. The number of nitrogens with zero attached hydrogens (tertiary/aromatic N) is 2. The Morgan fingerprint density at radius 3 is 2.33 bits per heavy atom. The predicted molar refractivity (Wildman–Crippen MR) is 70.8 cm³/mol. The first-order chi connectivity index (χ1) is 8.26. The summed E-state index contributed by atoms with van der Waals surface area (Å²) in [6.45, 7) is 9.18. The molecule has 1 aromatic heterocycles. The SMILES string of the molecule is CC1(C)CC(Nc2cc(F)ncn2)CC(C)(C)C1. The molecule has 0 spiro atoms. The number of hydrogen-bond acceptors (Lipinski definition) is 3. The zero-order valence-electron chi connectivity index (χ0n) is 11.6. The summed E-state index contributed by atoms with van der Waals surface area (Å²) in [4.78, 5) is 7.54. The van der Waals surface area contributed by atoms with Crippen LogP contribution in [0.5, 0.6) is 0 Å². The summed E-state index contributed by atoms with van der Waals surface area (Å²) in [5.74, 6) is 0.0998. The molecule has 0 bridgehead atoms. The van der Waals surface area contributed by atoms with Crippen molar-refractivity contribution in [3.05, 3.63) is 18.3 Å². The second kappa shape index (κ2) is 4.48. The zero-order valence-corrected chi connectivity index (χ0v) is 11.6. The van der Waals surface area contributed by atoms with Gasteiger partial charge in [-0.2, -0.15) is 4.39 Å². The summed E-state index contributed by atoms with van der Waals surface area (Å²) in [7, 11) is 0. The Hall–Kier alpha value is -1.19. The van der Waals surface area contributed by atoms with Gasteiger partial charge in [-0.25, -0.2) is 9.97 Å². The first-order valence-corrected chi connectivity index (χ1v) is 6.50. The van der Waals surface area contributed by atoms with E-state index in [-0.39, 0.29) is 0 Å². The third kappa shape index (κ3) is 3.40. The number of nitrogens with one attached hydrogen (secondary N) is 1. The molecule has 4 heteroatoms. The van der Waals surface area contributed by atoms with E-state index in [4.69, 9.17) is 0 Å². The maximum Gasteiger partial charge on any atom is 0.217 e. The number of rotatable bonds is 2. The Bertz CT molecular complexity index is 413. The molecule has 100 valence electrons. The average molecular weight is 251 g/mol. The van der Waals surface area contributed by atoms with Crippen molar-refractivity contribution >= 4 is 5.82 Å². The third-order valence-electron chi connectivity index (χ3n) is 3.54. The van der Waals surface area contributed by atoms with Crippen LogP contribution in [0.4, 0.5) is 10.2 Å². The lowest BCUT2D eigenvalue weighted by atomic mass is 9.63. The molecule has 1 saturated carbocycles. The second-order valence-electron chi connectivity index (χ2n) is 6.98. The van der Waals surface area contributed by atoms with Gasteiger partial charge in [0.05, 0.1) is 0 Å². The van der Waals surface area contributed by atoms with E-state index in [2.05, 4.69) is 43.0 Å². The van der Waals surface area contributed by atoms with Crippen LogP contribution >= 0.6 is 0 Å². The molecule has 0 unspecified atom stereocenters. The minimum Gasteiger partial charge on any atom is -0.367 e. The molecule has 1 aliphatic rings. The molecule has 1 heterocycles. The van der Waals surface area contributed by atoms with E-state index in [0.29, 0.717) is 22.7 Å². The topological polar surface area (TPSA) is 37.8 Å². The van der Waals surface area contributed by atoms with Crippen LogP contribution in [0.3, 0.4) is 0 Å². The van der Waals surface area contributed by atoms with Crippen molar-refractivity contribution in [1.82, 2.24) is 9.97 Å². The van der Waals surface area contributed by atoms with Crippen LogP contribution in [0, 0.1) is 16.8 Å². The van der Waals surface area contributed by atoms with Gasteiger partial charge in [-0.05, 0) is 30.1 Å². The van der Waals surface area contributed by atoms with E-state index in [9.17, 15) is 4.39 Å². The van der Waals surface area contributed by atoms with Crippen LogP contribution in [-0.2, 0) is 0 Å². The van der Waals surface area contributed by atoms with Gasteiger partial charge < -0.3 is 5.32 Å². The number of aromatic nitrogens is 2. The highest BCUT2D eigenvalue weighted by Gasteiger charge is 2.38. The smallest absolute Gasteiger partial charge is 0.217 e. The van der Waals surface area contributed by atoms with Crippen molar-refractivity contribution in [2.75, 3.05) is 5.32 Å². The third-order valence-corrected chi connectivity index (χ3v) is 3.54. The number of anilines is 1. The molecule has 1 fully saturated rings. The minimum atomic E-state index is -0.484. The quantitative estimate of drug-likeness (QED) is 0.816. The van der Waals surface area contributed by atoms with Crippen molar-refractivity contribution in [3.8, 4) is 0 Å². The van der Waals surface area contributed by atoms with Crippen molar-refractivity contribution in [2.45, 2.75) is 53.0 Å². The van der Waals surface area contributed by atoms with Crippen LogP contribution < -0.4 is 5.32 Å². The Labute approximate surface area is 108 Å². The largest absolute Gasteiger partial charge is 0.367 e. The maximum atomic E-state index is 13.0. The highest BCUT2D eigenvalue weighted by atomic mass is 19.1.